The second-order valence-electron chi connectivity index (χ2n) is 3.13. The molecule has 76 valence electrons. The molecule has 6 heteroatoms. The van der Waals surface area contributed by atoms with Crippen molar-refractivity contribution in [2.24, 2.45) is 0 Å². The topological polar surface area (TPSA) is 63.3 Å². The molecule has 14 heavy (non-hydrogen) atoms. The summed E-state index contributed by atoms with van der Waals surface area (Å²) in [7, 11) is 0. The fraction of sp³-hybridized carbons (Fsp3) is 0.500. The van der Waals surface area contributed by atoms with Crippen molar-refractivity contribution in [1.29, 1.82) is 0 Å². The molecule has 1 fully saturated rings. The van der Waals surface area contributed by atoms with Gasteiger partial charge in [-0.2, -0.15) is 0 Å². The maximum atomic E-state index is 11.1. The Bertz CT molecular complexity index is 344. The molecule has 2 heterocycles. The molecule has 1 saturated heterocycles. The van der Waals surface area contributed by atoms with Crippen molar-refractivity contribution in [2.45, 2.75) is 19.9 Å². The van der Waals surface area contributed by atoms with Gasteiger partial charge in [0.25, 0.3) is 5.91 Å². The monoisotopic (exact) mass is 213 g/mol. The van der Waals surface area contributed by atoms with Crippen molar-refractivity contribution >= 4 is 22.4 Å². The first-order valence-corrected chi connectivity index (χ1v) is 5.10. The van der Waals surface area contributed by atoms with E-state index in [1.807, 2.05) is 13.8 Å². The van der Waals surface area contributed by atoms with E-state index in [-0.39, 0.29) is 11.9 Å². The third-order valence-corrected chi connectivity index (χ3v) is 3.07. The maximum Gasteiger partial charge on any atom is 0.268 e. The average molecular weight is 213 g/mol. The Morgan fingerprint density at radius 3 is 2.93 bits per heavy atom. The van der Waals surface area contributed by atoms with Gasteiger partial charge in [0.2, 0.25) is 0 Å². The zero-order valence-corrected chi connectivity index (χ0v) is 8.77. The molecule has 1 unspecified atom stereocenters. The van der Waals surface area contributed by atoms with Crippen LogP contribution in [0.2, 0.25) is 0 Å². The molecule has 1 aliphatic heterocycles. The largest absolute Gasteiger partial charge is 0.348 e. The number of carbonyl (C=O) groups excluding carboxylic acids is 1. The normalized spacial score (nSPS) is 21.0. The predicted molar refractivity (Wildman–Crippen MR) is 53.1 cm³/mol. The lowest BCUT2D eigenvalue weighted by molar-refractivity contribution is -0.124. The van der Waals surface area contributed by atoms with Gasteiger partial charge in [0.1, 0.15) is 12.6 Å². The molecule has 0 radical (unpaired) electrons. The standard InChI is InChI=1S/C8H11N3O2S/c1-4-5(2)14-8(9-4)10-6-3-13-11-7(6)12/h6H,3H2,1-2H3,(H,9,10)(H,11,12). The summed E-state index contributed by atoms with van der Waals surface area (Å²) in [4.78, 5) is 21.4. The van der Waals surface area contributed by atoms with E-state index in [0.717, 1.165) is 15.7 Å². The second-order valence-corrected chi connectivity index (χ2v) is 4.34. The highest BCUT2D eigenvalue weighted by molar-refractivity contribution is 7.15. The molecule has 0 bridgehead atoms. The summed E-state index contributed by atoms with van der Waals surface area (Å²) in [5, 5.41) is 3.79. The number of hydrogen-bond acceptors (Lipinski definition) is 5. The van der Waals surface area contributed by atoms with Crippen molar-refractivity contribution in [3.05, 3.63) is 10.6 Å². The smallest absolute Gasteiger partial charge is 0.268 e. The van der Waals surface area contributed by atoms with Gasteiger partial charge in [-0.05, 0) is 13.8 Å². The molecule has 1 atom stereocenters. The minimum atomic E-state index is -0.319. The molecule has 0 spiro atoms. The average Bonchev–Trinajstić information content (AvgIpc) is 2.63. The Balaban J connectivity index is 2.07. The van der Waals surface area contributed by atoms with Crippen LogP contribution in [0.25, 0.3) is 0 Å². The van der Waals surface area contributed by atoms with Crippen molar-refractivity contribution in [2.75, 3.05) is 11.9 Å². The number of hydroxylamine groups is 1. The third-order valence-electron chi connectivity index (χ3n) is 2.07. The summed E-state index contributed by atoms with van der Waals surface area (Å²) in [6.07, 6.45) is 0. The van der Waals surface area contributed by atoms with Crippen molar-refractivity contribution < 1.29 is 9.63 Å². The van der Waals surface area contributed by atoms with Crippen LogP contribution in [0, 0.1) is 13.8 Å². The summed E-state index contributed by atoms with van der Waals surface area (Å²) < 4.78 is 0. The second kappa shape index (κ2) is 3.55. The van der Waals surface area contributed by atoms with E-state index in [1.165, 1.54) is 0 Å². The van der Waals surface area contributed by atoms with Gasteiger partial charge in [-0.1, -0.05) is 0 Å². The molecular weight excluding hydrogens is 202 g/mol. The third kappa shape index (κ3) is 1.71. The van der Waals surface area contributed by atoms with Crippen molar-refractivity contribution in [3.8, 4) is 0 Å². The van der Waals surface area contributed by atoms with Gasteiger partial charge in [-0.3, -0.25) is 9.63 Å². The lowest BCUT2D eigenvalue weighted by Crippen LogP contribution is -2.30. The lowest BCUT2D eigenvalue weighted by atomic mass is 10.3. The van der Waals surface area contributed by atoms with E-state index in [0.29, 0.717) is 6.61 Å². The lowest BCUT2D eigenvalue weighted by Gasteiger charge is -2.04. The van der Waals surface area contributed by atoms with Crippen LogP contribution in [0.1, 0.15) is 10.6 Å². The summed E-state index contributed by atoms with van der Waals surface area (Å²) in [6.45, 7) is 4.29. The van der Waals surface area contributed by atoms with Crippen LogP contribution >= 0.6 is 11.3 Å². The molecule has 2 rings (SSSR count). The van der Waals surface area contributed by atoms with Gasteiger partial charge >= 0.3 is 0 Å². The molecular formula is C8H11N3O2S. The van der Waals surface area contributed by atoms with Crippen LogP contribution in [-0.4, -0.2) is 23.5 Å². The summed E-state index contributed by atoms with van der Waals surface area (Å²) in [5.41, 5.74) is 3.28. The first-order chi connectivity index (χ1) is 6.66. The minimum absolute atomic E-state index is 0.143. The summed E-state index contributed by atoms with van der Waals surface area (Å²) >= 11 is 1.55. The fourth-order valence-corrected chi connectivity index (χ4v) is 2.00. The number of nitrogens with zero attached hydrogens (tertiary/aromatic N) is 1. The van der Waals surface area contributed by atoms with E-state index in [4.69, 9.17) is 4.84 Å². The summed E-state index contributed by atoms with van der Waals surface area (Å²) in [6, 6.07) is -0.319. The first-order valence-electron chi connectivity index (χ1n) is 4.29. The molecule has 0 aliphatic carbocycles. The van der Waals surface area contributed by atoms with Crippen LogP contribution < -0.4 is 10.8 Å². The van der Waals surface area contributed by atoms with Crippen LogP contribution in [0.3, 0.4) is 0 Å². The number of anilines is 1. The van der Waals surface area contributed by atoms with E-state index in [1.54, 1.807) is 11.3 Å². The molecule has 5 nitrogen and oxygen atoms in total. The Morgan fingerprint density at radius 1 is 1.64 bits per heavy atom. The number of thiazole rings is 1. The maximum absolute atomic E-state index is 11.1. The highest BCUT2D eigenvalue weighted by atomic mass is 32.1. The van der Waals surface area contributed by atoms with Crippen molar-refractivity contribution in [3.63, 3.8) is 0 Å². The molecule has 1 aromatic rings. The number of nitrogens with one attached hydrogen (secondary N) is 2. The number of aryl methyl sites for hydroxylation is 2. The molecule has 1 aliphatic rings. The Morgan fingerprint density at radius 2 is 2.43 bits per heavy atom. The number of amides is 1. The first kappa shape index (κ1) is 9.42. The van der Waals surface area contributed by atoms with Crippen molar-refractivity contribution in [1.82, 2.24) is 10.5 Å². The van der Waals surface area contributed by atoms with E-state index in [2.05, 4.69) is 15.8 Å². The fourth-order valence-electron chi connectivity index (χ4n) is 1.13. The number of hydrogen-bond donors (Lipinski definition) is 2. The van der Waals surface area contributed by atoms with Gasteiger partial charge in [-0.15, -0.1) is 11.3 Å². The van der Waals surface area contributed by atoms with Crippen LogP contribution in [-0.2, 0) is 9.63 Å². The molecule has 2 N–H and O–H groups in total. The van der Waals surface area contributed by atoms with E-state index < -0.39 is 0 Å². The molecule has 0 saturated carbocycles. The van der Waals surface area contributed by atoms with Gasteiger partial charge in [0, 0.05) is 4.88 Å². The number of aromatic nitrogens is 1. The molecule has 0 aromatic carbocycles. The quantitative estimate of drug-likeness (QED) is 0.755. The van der Waals surface area contributed by atoms with E-state index >= 15 is 0 Å². The number of carbonyl (C=O) groups is 1. The summed E-state index contributed by atoms with van der Waals surface area (Å²) in [5.74, 6) is -0.143. The zero-order chi connectivity index (χ0) is 10.1. The SMILES string of the molecule is Cc1nc(NC2CONC2=O)sc1C. The van der Waals surface area contributed by atoms with Crippen LogP contribution in [0.4, 0.5) is 5.13 Å². The highest BCUT2D eigenvalue weighted by Crippen LogP contribution is 2.22. The number of rotatable bonds is 2. The Hall–Kier alpha value is -1.14. The van der Waals surface area contributed by atoms with Gasteiger partial charge < -0.3 is 5.32 Å². The minimum Gasteiger partial charge on any atom is -0.348 e. The highest BCUT2D eigenvalue weighted by Gasteiger charge is 2.26. The van der Waals surface area contributed by atoms with Crippen LogP contribution in [0.15, 0.2) is 0 Å². The van der Waals surface area contributed by atoms with Gasteiger partial charge in [0.05, 0.1) is 5.69 Å². The Labute approximate surface area is 85.4 Å². The predicted octanol–water partition coefficient (Wildman–Crippen LogP) is 0.602. The van der Waals surface area contributed by atoms with Gasteiger partial charge in [0.15, 0.2) is 5.13 Å². The van der Waals surface area contributed by atoms with Gasteiger partial charge in [-0.25, -0.2) is 10.5 Å². The molecule has 1 aromatic heterocycles. The Kier molecular flexibility index (Phi) is 2.39. The molecule has 1 amide bonds. The zero-order valence-electron chi connectivity index (χ0n) is 7.96. The van der Waals surface area contributed by atoms with E-state index in [9.17, 15) is 4.79 Å². The van der Waals surface area contributed by atoms with Crippen LogP contribution in [0.5, 0.6) is 0 Å².